The molecule has 110 valence electrons. The topological polar surface area (TPSA) is 32.5 Å². The van der Waals surface area contributed by atoms with Gasteiger partial charge in [-0.05, 0) is 46.3 Å². The van der Waals surface area contributed by atoms with E-state index in [0.29, 0.717) is 5.69 Å². The van der Waals surface area contributed by atoms with Crippen molar-refractivity contribution in [1.82, 2.24) is 0 Å². The van der Waals surface area contributed by atoms with E-state index in [1.165, 1.54) is 6.07 Å². The lowest BCUT2D eigenvalue weighted by Crippen LogP contribution is -2.47. The van der Waals surface area contributed by atoms with E-state index in [4.69, 9.17) is 5.73 Å². The molecule has 0 bridgehead atoms. The predicted molar refractivity (Wildman–Crippen MR) is 89.4 cm³/mol. The van der Waals surface area contributed by atoms with Gasteiger partial charge in [0.1, 0.15) is 5.82 Å². The number of nitrogens with zero attached hydrogens (tertiary/aromatic N) is 2. The Kier molecular flexibility index (Phi) is 4.01. The van der Waals surface area contributed by atoms with Gasteiger partial charge in [-0.2, -0.15) is 0 Å². The van der Waals surface area contributed by atoms with Crippen LogP contribution in [0.1, 0.15) is 0 Å². The monoisotopic (exact) mass is 349 g/mol. The Morgan fingerprint density at radius 3 is 2.14 bits per heavy atom. The Morgan fingerprint density at radius 2 is 1.52 bits per heavy atom. The van der Waals surface area contributed by atoms with E-state index in [0.717, 1.165) is 42.0 Å². The predicted octanol–water partition coefficient (Wildman–Crippen LogP) is 3.50. The van der Waals surface area contributed by atoms with Crippen LogP contribution in [-0.4, -0.2) is 26.2 Å². The molecular formula is C16H17BrFN3. The fourth-order valence-corrected chi connectivity index (χ4v) is 3.32. The maximum absolute atomic E-state index is 13.8. The summed E-state index contributed by atoms with van der Waals surface area (Å²) in [5, 5.41) is 0. The van der Waals surface area contributed by atoms with Crippen LogP contribution in [0.2, 0.25) is 0 Å². The van der Waals surface area contributed by atoms with E-state index in [2.05, 4.69) is 25.7 Å². The van der Waals surface area contributed by atoms with E-state index in [1.807, 2.05) is 30.3 Å². The van der Waals surface area contributed by atoms with E-state index in [-0.39, 0.29) is 5.82 Å². The zero-order valence-corrected chi connectivity index (χ0v) is 13.2. The minimum atomic E-state index is -0.153. The molecule has 2 aromatic carbocycles. The van der Waals surface area contributed by atoms with Crippen molar-refractivity contribution in [1.29, 1.82) is 0 Å². The number of hydrogen-bond acceptors (Lipinski definition) is 3. The zero-order valence-electron chi connectivity index (χ0n) is 11.6. The molecule has 0 radical (unpaired) electrons. The fraction of sp³-hybridized carbons (Fsp3) is 0.250. The summed E-state index contributed by atoms with van der Waals surface area (Å²) in [5.74, 6) is -0.153. The molecule has 1 fully saturated rings. The lowest BCUT2D eigenvalue weighted by atomic mass is 10.2. The molecule has 3 rings (SSSR count). The summed E-state index contributed by atoms with van der Waals surface area (Å²) < 4.78 is 14.8. The van der Waals surface area contributed by atoms with E-state index in [9.17, 15) is 4.39 Å². The van der Waals surface area contributed by atoms with Gasteiger partial charge in [0.25, 0.3) is 0 Å². The number of benzene rings is 2. The van der Waals surface area contributed by atoms with Gasteiger partial charge < -0.3 is 15.5 Å². The van der Waals surface area contributed by atoms with Crippen molar-refractivity contribution in [3.05, 3.63) is 52.8 Å². The molecule has 1 heterocycles. The molecule has 0 unspecified atom stereocenters. The second kappa shape index (κ2) is 5.93. The van der Waals surface area contributed by atoms with Crippen LogP contribution in [0.4, 0.5) is 21.5 Å². The average Bonchev–Trinajstić information content (AvgIpc) is 2.48. The SMILES string of the molecule is Nc1ccc(N2CCN(c3ccccc3F)CC2)c(Br)c1. The third-order valence-corrected chi connectivity index (χ3v) is 4.42. The highest BCUT2D eigenvalue weighted by molar-refractivity contribution is 9.10. The Labute approximate surface area is 132 Å². The standard InChI is InChI=1S/C16H17BrFN3/c17-13-11-12(19)5-6-15(13)20-7-9-21(10-8-20)16-4-2-1-3-14(16)18/h1-6,11H,7-10,19H2. The minimum Gasteiger partial charge on any atom is -0.399 e. The summed E-state index contributed by atoms with van der Waals surface area (Å²) in [6, 6.07) is 12.8. The molecule has 3 nitrogen and oxygen atoms in total. The molecule has 0 saturated carbocycles. The summed E-state index contributed by atoms with van der Waals surface area (Å²) in [6.45, 7) is 3.32. The molecule has 0 spiro atoms. The van der Waals surface area contributed by atoms with Crippen LogP contribution in [0.5, 0.6) is 0 Å². The number of nitrogen functional groups attached to an aromatic ring is 1. The molecule has 0 atom stereocenters. The first kappa shape index (κ1) is 14.2. The first-order valence-electron chi connectivity index (χ1n) is 6.94. The highest BCUT2D eigenvalue weighted by Gasteiger charge is 2.20. The van der Waals surface area contributed by atoms with Crippen LogP contribution in [0, 0.1) is 5.82 Å². The van der Waals surface area contributed by atoms with Crippen molar-refractivity contribution in [2.45, 2.75) is 0 Å². The second-order valence-corrected chi connectivity index (χ2v) is 5.99. The van der Waals surface area contributed by atoms with Gasteiger partial charge in [0, 0.05) is 36.3 Å². The summed E-state index contributed by atoms with van der Waals surface area (Å²) in [4.78, 5) is 4.39. The van der Waals surface area contributed by atoms with Crippen LogP contribution >= 0.6 is 15.9 Å². The molecule has 2 aromatic rings. The average molecular weight is 350 g/mol. The number of para-hydroxylation sites is 1. The smallest absolute Gasteiger partial charge is 0.146 e. The van der Waals surface area contributed by atoms with E-state index < -0.39 is 0 Å². The highest BCUT2D eigenvalue weighted by atomic mass is 79.9. The van der Waals surface area contributed by atoms with Crippen molar-refractivity contribution in [2.24, 2.45) is 0 Å². The Morgan fingerprint density at radius 1 is 0.905 bits per heavy atom. The number of piperazine rings is 1. The number of rotatable bonds is 2. The van der Waals surface area contributed by atoms with Gasteiger partial charge in [0.2, 0.25) is 0 Å². The fourth-order valence-electron chi connectivity index (χ4n) is 2.68. The molecule has 21 heavy (non-hydrogen) atoms. The van der Waals surface area contributed by atoms with Crippen molar-refractivity contribution >= 4 is 33.0 Å². The largest absolute Gasteiger partial charge is 0.399 e. The van der Waals surface area contributed by atoms with Gasteiger partial charge in [0.05, 0.1) is 11.4 Å². The Balaban J connectivity index is 1.72. The van der Waals surface area contributed by atoms with Crippen molar-refractivity contribution in [3.8, 4) is 0 Å². The minimum absolute atomic E-state index is 0.153. The van der Waals surface area contributed by atoms with Crippen LogP contribution in [0.15, 0.2) is 46.9 Å². The normalized spacial score (nSPS) is 15.3. The molecule has 0 aromatic heterocycles. The quantitative estimate of drug-likeness (QED) is 0.842. The van der Waals surface area contributed by atoms with Crippen LogP contribution in [-0.2, 0) is 0 Å². The Hall–Kier alpha value is -1.75. The van der Waals surface area contributed by atoms with Crippen LogP contribution in [0.3, 0.4) is 0 Å². The summed E-state index contributed by atoms with van der Waals surface area (Å²) >= 11 is 3.56. The van der Waals surface area contributed by atoms with Crippen LogP contribution in [0.25, 0.3) is 0 Å². The number of hydrogen-bond donors (Lipinski definition) is 1. The molecule has 1 aliphatic heterocycles. The first-order valence-corrected chi connectivity index (χ1v) is 7.74. The zero-order chi connectivity index (χ0) is 14.8. The summed E-state index contributed by atoms with van der Waals surface area (Å²) in [6.07, 6.45) is 0. The summed E-state index contributed by atoms with van der Waals surface area (Å²) in [5.41, 5.74) is 8.34. The first-order chi connectivity index (χ1) is 10.1. The van der Waals surface area contributed by atoms with Gasteiger partial charge in [-0.3, -0.25) is 0 Å². The van der Waals surface area contributed by atoms with E-state index >= 15 is 0 Å². The molecule has 0 aliphatic carbocycles. The number of anilines is 3. The molecule has 1 aliphatic rings. The van der Waals surface area contributed by atoms with Crippen LogP contribution < -0.4 is 15.5 Å². The number of nitrogens with two attached hydrogens (primary N) is 1. The maximum Gasteiger partial charge on any atom is 0.146 e. The van der Waals surface area contributed by atoms with Gasteiger partial charge in [-0.25, -0.2) is 4.39 Å². The van der Waals surface area contributed by atoms with Crippen molar-refractivity contribution in [2.75, 3.05) is 41.7 Å². The maximum atomic E-state index is 13.8. The van der Waals surface area contributed by atoms with Gasteiger partial charge in [-0.1, -0.05) is 12.1 Å². The molecular weight excluding hydrogens is 333 g/mol. The second-order valence-electron chi connectivity index (χ2n) is 5.14. The molecule has 5 heteroatoms. The summed E-state index contributed by atoms with van der Waals surface area (Å²) in [7, 11) is 0. The molecule has 0 amide bonds. The Bertz CT molecular complexity index is 639. The molecule has 1 saturated heterocycles. The van der Waals surface area contributed by atoms with Crippen molar-refractivity contribution < 1.29 is 4.39 Å². The van der Waals surface area contributed by atoms with E-state index in [1.54, 1.807) is 6.07 Å². The van der Waals surface area contributed by atoms with Gasteiger partial charge in [0.15, 0.2) is 0 Å². The third kappa shape index (κ3) is 2.97. The third-order valence-electron chi connectivity index (χ3n) is 3.79. The molecule has 2 N–H and O–H groups in total. The lowest BCUT2D eigenvalue weighted by molar-refractivity contribution is 0.597. The lowest BCUT2D eigenvalue weighted by Gasteiger charge is -2.37. The van der Waals surface area contributed by atoms with Crippen molar-refractivity contribution in [3.63, 3.8) is 0 Å². The number of halogens is 2. The van der Waals surface area contributed by atoms with Gasteiger partial charge >= 0.3 is 0 Å². The highest BCUT2D eigenvalue weighted by Crippen LogP contribution is 2.30. The van der Waals surface area contributed by atoms with Gasteiger partial charge in [-0.15, -0.1) is 0 Å².